The molecule has 0 unspecified atom stereocenters. The Morgan fingerprint density at radius 2 is 2.27 bits per heavy atom. The van der Waals surface area contributed by atoms with Crippen molar-refractivity contribution in [2.75, 3.05) is 19.0 Å². The monoisotopic (exact) mass is 371 g/mol. The van der Waals surface area contributed by atoms with Gasteiger partial charge in [-0.3, -0.25) is 15.1 Å². The zero-order valence-corrected chi connectivity index (χ0v) is 14.6. The minimum atomic E-state index is -0.674. The molecule has 0 bridgehead atoms. The summed E-state index contributed by atoms with van der Waals surface area (Å²) in [6.45, 7) is 0.489. The molecular weight excluding hydrogens is 357 g/mol. The molecule has 0 saturated carbocycles. The van der Waals surface area contributed by atoms with Gasteiger partial charge >= 0.3 is 0 Å². The fourth-order valence-corrected chi connectivity index (χ4v) is 3.73. The fourth-order valence-electron chi connectivity index (χ4n) is 2.71. The molecule has 0 fully saturated rings. The molecule has 1 aliphatic heterocycles. The van der Waals surface area contributed by atoms with Crippen molar-refractivity contribution in [2.45, 2.75) is 6.42 Å². The number of pyridine rings is 1. The number of hydrogen-bond acceptors (Lipinski definition) is 6. The number of anilines is 1. The standard InChI is InChI=1S/C18H14FN3O3S/c1-24-10-2-3-15-12(8-10)16-14(5-7-25-15)21-18(26-16)22-17(23)11-4-6-20-9-13(11)19/h2-4,6,8-9H,5,7H2,1H3,(H,21,22,23). The normalized spacial score (nSPS) is 12.4. The summed E-state index contributed by atoms with van der Waals surface area (Å²) in [5.41, 5.74) is 1.62. The van der Waals surface area contributed by atoms with Crippen LogP contribution in [0.1, 0.15) is 16.1 Å². The molecule has 1 N–H and O–H groups in total. The van der Waals surface area contributed by atoms with E-state index in [0.717, 1.165) is 28.1 Å². The summed E-state index contributed by atoms with van der Waals surface area (Å²) in [5.74, 6) is 0.215. The van der Waals surface area contributed by atoms with Gasteiger partial charge in [-0.2, -0.15) is 0 Å². The summed E-state index contributed by atoms with van der Waals surface area (Å²) in [5, 5.41) is 3.07. The minimum absolute atomic E-state index is 0.0733. The second-order valence-corrected chi connectivity index (χ2v) is 6.56. The van der Waals surface area contributed by atoms with E-state index in [1.807, 2.05) is 18.2 Å². The van der Waals surface area contributed by atoms with Crippen LogP contribution in [0.15, 0.2) is 36.7 Å². The molecule has 2 aromatic heterocycles. The molecule has 0 radical (unpaired) electrons. The molecule has 8 heteroatoms. The van der Waals surface area contributed by atoms with Gasteiger partial charge in [-0.15, -0.1) is 0 Å². The zero-order valence-electron chi connectivity index (χ0n) is 13.8. The van der Waals surface area contributed by atoms with Crippen LogP contribution >= 0.6 is 11.3 Å². The van der Waals surface area contributed by atoms with Crippen LogP contribution in [0, 0.1) is 5.82 Å². The number of halogens is 1. The predicted octanol–water partition coefficient (Wildman–Crippen LogP) is 3.54. The van der Waals surface area contributed by atoms with Crippen molar-refractivity contribution in [2.24, 2.45) is 0 Å². The number of methoxy groups -OCH3 is 1. The van der Waals surface area contributed by atoms with Gasteiger partial charge in [0.05, 0.1) is 36.0 Å². The highest BCUT2D eigenvalue weighted by atomic mass is 32.1. The first-order valence-electron chi connectivity index (χ1n) is 7.87. The molecule has 26 heavy (non-hydrogen) atoms. The molecule has 6 nitrogen and oxygen atoms in total. The van der Waals surface area contributed by atoms with Gasteiger partial charge in [-0.1, -0.05) is 11.3 Å². The van der Waals surface area contributed by atoms with Crippen molar-refractivity contribution >= 4 is 22.4 Å². The number of nitrogens with zero attached hydrogens (tertiary/aromatic N) is 2. The van der Waals surface area contributed by atoms with E-state index in [9.17, 15) is 9.18 Å². The van der Waals surface area contributed by atoms with E-state index in [-0.39, 0.29) is 5.56 Å². The van der Waals surface area contributed by atoms with Crippen LogP contribution in [-0.4, -0.2) is 29.6 Å². The van der Waals surface area contributed by atoms with Crippen molar-refractivity contribution in [3.63, 3.8) is 0 Å². The van der Waals surface area contributed by atoms with Gasteiger partial charge < -0.3 is 9.47 Å². The van der Waals surface area contributed by atoms with Gasteiger partial charge in [0.1, 0.15) is 11.5 Å². The van der Waals surface area contributed by atoms with E-state index in [0.29, 0.717) is 23.9 Å². The zero-order chi connectivity index (χ0) is 18.1. The second kappa shape index (κ2) is 6.72. The first-order valence-corrected chi connectivity index (χ1v) is 8.69. The Hall–Kier alpha value is -3.00. The Morgan fingerprint density at radius 1 is 1.38 bits per heavy atom. The van der Waals surface area contributed by atoms with Crippen molar-refractivity contribution < 1.29 is 18.7 Å². The van der Waals surface area contributed by atoms with Gasteiger partial charge in [-0.05, 0) is 24.3 Å². The number of ether oxygens (including phenoxy) is 2. The third-order valence-corrected chi connectivity index (χ3v) is 5.01. The largest absolute Gasteiger partial charge is 0.497 e. The SMILES string of the molecule is COc1ccc2c(c1)-c1sc(NC(=O)c3ccncc3F)nc1CCO2. The molecule has 132 valence electrons. The lowest BCUT2D eigenvalue weighted by atomic mass is 10.1. The lowest BCUT2D eigenvalue weighted by Crippen LogP contribution is -2.13. The smallest absolute Gasteiger partial charge is 0.260 e. The van der Waals surface area contributed by atoms with Crippen LogP contribution in [-0.2, 0) is 6.42 Å². The van der Waals surface area contributed by atoms with Crippen LogP contribution in [0.5, 0.6) is 11.5 Å². The summed E-state index contributed by atoms with van der Waals surface area (Å²) in [7, 11) is 1.60. The molecule has 3 aromatic rings. The topological polar surface area (TPSA) is 73.3 Å². The number of carbonyl (C=O) groups is 1. The Morgan fingerprint density at radius 3 is 3.08 bits per heavy atom. The van der Waals surface area contributed by atoms with Crippen molar-refractivity contribution in [1.29, 1.82) is 0 Å². The summed E-state index contributed by atoms with van der Waals surface area (Å²) in [6.07, 6.45) is 2.99. The maximum absolute atomic E-state index is 13.7. The third kappa shape index (κ3) is 2.99. The van der Waals surface area contributed by atoms with Gasteiger partial charge in [0.2, 0.25) is 0 Å². The van der Waals surface area contributed by atoms with E-state index < -0.39 is 11.7 Å². The van der Waals surface area contributed by atoms with Gasteiger partial charge in [0.15, 0.2) is 10.9 Å². The maximum Gasteiger partial charge on any atom is 0.260 e. The molecule has 0 saturated heterocycles. The van der Waals surface area contributed by atoms with Crippen LogP contribution in [0.2, 0.25) is 0 Å². The molecule has 1 aromatic carbocycles. The van der Waals surface area contributed by atoms with Gasteiger partial charge in [0.25, 0.3) is 5.91 Å². The summed E-state index contributed by atoms with van der Waals surface area (Å²) >= 11 is 1.32. The van der Waals surface area contributed by atoms with E-state index in [4.69, 9.17) is 9.47 Å². The molecule has 0 atom stereocenters. The summed E-state index contributed by atoms with van der Waals surface area (Å²) in [4.78, 5) is 21.3. The fraction of sp³-hybridized carbons (Fsp3) is 0.167. The molecule has 4 rings (SSSR count). The quantitative estimate of drug-likeness (QED) is 0.762. The van der Waals surface area contributed by atoms with Crippen LogP contribution in [0.3, 0.4) is 0 Å². The maximum atomic E-state index is 13.7. The van der Waals surface area contributed by atoms with Crippen LogP contribution < -0.4 is 14.8 Å². The number of thiazole rings is 1. The first kappa shape index (κ1) is 16.5. The molecule has 0 spiro atoms. The highest BCUT2D eigenvalue weighted by Crippen LogP contribution is 2.42. The van der Waals surface area contributed by atoms with E-state index in [2.05, 4.69) is 15.3 Å². The number of rotatable bonds is 3. The van der Waals surface area contributed by atoms with Gasteiger partial charge in [-0.25, -0.2) is 9.37 Å². The second-order valence-electron chi connectivity index (χ2n) is 5.57. The van der Waals surface area contributed by atoms with E-state index >= 15 is 0 Å². The Labute approximate surface area is 152 Å². The average Bonchev–Trinajstić information content (AvgIpc) is 2.96. The predicted molar refractivity (Wildman–Crippen MR) is 95.4 cm³/mol. The number of amides is 1. The number of carbonyl (C=O) groups excluding carboxylic acids is 1. The van der Waals surface area contributed by atoms with Crippen LogP contribution in [0.25, 0.3) is 10.4 Å². The Kier molecular flexibility index (Phi) is 4.26. The minimum Gasteiger partial charge on any atom is -0.497 e. The number of nitrogens with one attached hydrogen (secondary N) is 1. The Balaban J connectivity index is 1.68. The number of benzene rings is 1. The number of hydrogen-bond donors (Lipinski definition) is 1. The molecule has 1 aliphatic rings. The lowest BCUT2D eigenvalue weighted by Gasteiger charge is -2.08. The van der Waals surface area contributed by atoms with Crippen LogP contribution in [0.4, 0.5) is 9.52 Å². The van der Waals surface area contributed by atoms with Crippen molar-refractivity contribution in [3.8, 4) is 21.9 Å². The lowest BCUT2D eigenvalue weighted by molar-refractivity contribution is 0.102. The molecule has 3 heterocycles. The average molecular weight is 371 g/mol. The van der Waals surface area contributed by atoms with Gasteiger partial charge in [0, 0.05) is 18.2 Å². The van der Waals surface area contributed by atoms with Crippen molar-refractivity contribution in [3.05, 3.63) is 53.7 Å². The van der Waals surface area contributed by atoms with Crippen molar-refractivity contribution in [1.82, 2.24) is 9.97 Å². The number of aromatic nitrogens is 2. The molecule has 1 amide bonds. The molecular formula is C18H14FN3O3S. The third-order valence-electron chi connectivity index (χ3n) is 3.96. The molecule has 0 aliphatic carbocycles. The van der Waals surface area contributed by atoms with E-state index in [1.165, 1.54) is 23.6 Å². The summed E-state index contributed by atoms with van der Waals surface area (Å²) in [6, 6.07) is 6.90. The summed E-state index contributed by atoms with van der Waals surface area (Å²) < 4.78 is 24.8. The Bertz CT molecular complexity index is 990. The first-order chi connectivity index (χ1) is 12.7. The highest BCUT2D eigenvalue weighted by molar-refractivity contribution is 7.19. The number of fused-ring (bicyclic) bond motifs is 3. The van der Waals surface area contributed by atoms with E-state index in [1.54, 1.807) is 7.11 Å². The highest BCUT2D eigenvalue weighted by Gasteiger charge is 2.22.